The fraction of sp³-hybridized carbons (Fsp3) is 0.118. The Kier molecular flexibility index (Phi) is 5.25. The molecule has 24 heavy (non-hydrogen) atoms. The number of ether oxygens (including phenoxy) is 1. The SMILES string of the molecule is COc1cc(C=CS(=O)(=O)Nc2ccccc2C(=O)O)ccc1C. The number of carbonyl (C=O) groups is 1. The van der Waals surface area contributed by atoms with Crippen LogP contribution < -0.4 is 9.46 Å². The molecule has 0 aliphatic carbocycles. The summed E-state index contributed by atoms with van der Waals surface area (Å²) < 4.78 is 31.7. The topological polar surface area (TPSA) is 92.7 Å². The van der Waals surface area contributed by atoms with Crippen molar-refractivity contribution in [2.24, 2.45) is 0 Å². The highest BCUT2D eigenvalue weighted by Crippen LogP contribution is 2.21. The number of para-hydroxylation sites is 1. The van der Waals surface area contributed by atoms with E-state index in [4.69, 9.17) is 9.84 Å². The molecule has 6 nitrogen and oxygen atoms in total. The minimum atomic E-state index is -3.85. The van der Waals surface area contributed by atoms with Crippen molar-refractivity contribution in [1.29, 1.82) is 0 Å². The van der Waals surface area contributed by atoms with Gasteiger partial charge in [0, 0.05) is 0 Å². The zero-order valence-corrected chi connectivity index (χ0v) is 14.0. The summed E-state index contributed by atoms with van der Waals surface area (Å²) in [5.41, 5.74) is 1.47. The number of aryl methyl sites for hydroxylation is 1. The molecule has 0 fully saturated rings. The smallest absolute Gasteiger partial charge is 0.337 e. The van der Waals surface area contributed by atoms with Gasteiger partial charge in [-0.15, -0.1) is 0 Å². The molecule has 2 aromatic rings. The highest BCUT2D eigenvalue weighted by atomic mass is 32.2. The van der Waals surface area contributed by atoms with Gasteiger partial charge >= 0.3 is 5.97 Å². The second-order valence-electron chi connectivity index (χ2n) is 5.03. The number of hydrogen-bond acceptors (Lipinski definition) is 4. The summed E-state index contributed by atoms with van der Waals surface area (Å²) in [5, 5.41) is 10.1. The van der Waals surface area contributed by atoms with E-state index in [2.05, 4.69) is 4.72 Å². The molecule has 0 radical (unpaired) electrons. The molecule has 0 aliphatic rings. The lowest BCUT2D eigenvalue weighted by Gasteiger charge is -2.08. The lowest BCUT2D eigenvalue weighted by molar-refractivity contribution is 0.0698. The number of carboxylic acid groups (broad SMARTS) is 1. The second-order valence-corrected chi connectivity index (χ2v) is 6.60. The zero-order valence-electron chi connectivity index (χ0n) is 13.2. The van der Waals surface area contributed by atoms with Crippen LogP contribution in [0.1, 0.15) is 21.5 Å². The Bertz CT molecular complexity index is 888. The molecular weight excluding hydrogens is 330 g/mol. The van der Waals surface area contributed by atoms with E-state index in [9.17, 15) is 13.2 Å². The summed E-state index contributed by atoms with van der Waals surface area (Å²) in [6, 6.07) is 11.1. The molecule has 0 heterocycles. The number of hydrogen-bond donors (Lipinski definition) is 2. The van der Waals surface area contributed by atoms with E-state index < -0.39 is 16.0 Å². The van der Waals surface area contributed by atoms with Gasteiger partial charge in [0.25, 0.3) is 10.0 Å². The molecule has 0 bridgehead atoms. The van der Waals surface area contributed by atoms with E-state index in [1.807, 2.05) is 13.0 Å². The van der Waals surface area contributed by atoms with Gasteiger partial charge in [0.1, 0.15) is 5.75 Å². The van der Waals surface area contributed by atoms with Crippen LogP contribution in [0, 0.1) is 6.92 Å². The number of carboxylic acids is 1. The van der Waals surface area contributed by atoms with Crippen LogP contribution in [0.4, 0.5) is 5.69 Å². The van der Waals surface area contributed by atoms with Gasteiger partial charge in [0.05, 0.1) is 23.8 Å². The van der Waals surface area contributed by atoms with E-state index in [1.165, 1.54) is 31.4 Å². The summed E-state index contributed by atoms with van der Waals surface area (Å²) in [6.07, 6.45) is 1.41. The van der Waals surface area contributed by atoms with Crippen molar-refractivity contribution in [3.05, 3.63) is 64.6 Å². The van der Waals surface area contributed by atoms with Crippen molar-refractivity contribution >= 4 is 27.8 Å². The number of aromatic carboxylic acids is 1. The molecule has 0 amide bonds. The average molecular weight is 347 g/mol. The first-order chi connectivity index (χ1) is 11.3. The maximum Gasteiger partial charge on any atom is 0.337 e. The van der Waals surface area contributed by atoms with E-state index in [0.29, 0.717) is 11.3 Å². The Hall–Kier alpha value is -2.80. The predicted molar refractivity (Wildman–Crippen MR) is 92.7 cm³/mol. The van der Waals surface area contributed by atoms with Gasteiger partial charge in [0.15, 0.2) is 0 Å². The summed E-state index contributed by atoms with van der Waals surface area (Å²) in [4.78, 5) is 11.1. The minimum Gasteiger partial charge on any atom is -0.496 e. The maximum absolute atomic E-state index is 12.1. The second kappa shape index (κ2) is 7.18. The normalized spacial score (nSPS) is 11.4. The van der Waals surface area contributed by atoms with E-state index in [-0.39, 0.29) is 11.3 Å². The van der Waals surface area contributed by atoms with Gasteiger partial charge in [-0.1, -0.05) is 24.3 Å². The molecule has 0 aliphatic heterocycles. The molecule has 2 rings (SSSR count). The van der Waals surface area contributed by atoms with Crippen LogP contribution >= 0.6 is 0 Å². The first-order valence-corrected chi connectivity index (χ1v) is 8.55. The Morgan fingerprint density at radius 1 is 1.21 bits per heavy atom. The van der Waals surface area contributed by atoms with Crippen LogP contribution in [-0.2, 0) is 10.0 Å². The average Bonchev–Trinajstić information content (AvgIpc) is 2.54. The highest BCUT2D eigenvalue weighted by Gasteiger charge is 2.13. The molecular formula is C17H17NO5S. The summed E-state index contributed by atoms with van der Waals surface area (Å²) >= 11 is 0. The third kappa shape index (κ3) is 4.36. The Balaban J connectivity index is 2.24. The van der Waals surface area contributed by atoms with Crippen LogP contribution in [0.15, 0.2) is 47.9 Å². The van der Waals surface area contributed by atoms with Crippen molar-refractivity contribution in [2.45, 2.75) is 6.92 Å². The third-order valence-corrected chi connectivity index (χ3v) is 4.28. The lowest BCUT2D eigenvalue weighted by atomic mass is 10.1. The molecule has 0 spiro atoms. The predicted octanol–water partition coefficient (Wildman–Crippen LogP) is 3.11. The van der Waals surface area contributed by atoms with E-state index in [0.717, 1.165) is 11.0 Å². The fourth-order valence-electron chi connectivity index (χ4n) is 2.05. The van der Waals surface area contributed by atoms with Crippen LogP contribution in [0.3, 0.4) is 0 Å². The van der Waals surface area contributed by atoms with Crippen LogP contribution in [0.2, 0.25) is 0 Å². The quantitative estimate of drug-likeness (QED) is 0.837. The molecule has 0 saturated carbocycles. The summed E-state index contributed by atoms with van der Waals surface area (Å²) in [5.74, 6) is -0.556. The van der Waals surface area contributed by atoms with Crippen LogP contribution in [0.25, 0.3) is 6.08 Å². The maximum atomic E-state index is 12.1. The number of nitrogens with one attached hydrogen (secondary N) is 1. The van der Waals surface area contributed by atoms with Gasteiger partial charge in [-0.2, -0.15) is 0 Å². The van der Waals surface area contributed by atoms with E-state index in [1.54, 1.807) is 18.2 Å². The monoisotopic (exact) mass is 347 g/mol. The molecule has 2 aromatic carbocycles. The van der Waals surface area contributed by atoms with Crippen LogP contribution in [-0.4, -0.2) is 26.6 Å². The number of rotatable bonds is 6. The van der Waals surface area contributed by atoms with Gasteiger partial charge in [0.2, 0.25) is 0 Å². The Labute approximate surface area is 140 Å². The minimum absolute atomic E-state index is 0.0103. The highest BCUT2D eigenvalue weighted by molar-refractivity contribution is 7.95. The largest absolute Gasteiger partial charge is 0.496 e. The molecule has 0 atom stereocenters. The molecule has 0 saturated heterocycles. The first kappa shape index (κ1) is 17.6. The van der Waals surface area contributed by atoms with Crippen molar-refractivity contribution in [3.63, 3.8) is 0 Å². The summed E-state index contributed by atoms with van der Waals surface area (Å²) in [7, 11) is -2.31. The Morgan fingerprint density at radius 3 is 2.58 bits per heavy atom. The van der Waals surface area contributed by atoms with Crippen LogP contribution in [0.5, 0.6) is 5.75 Å². The standard InChI is InChI=1S/C17H17NO5S/c1-12-7-8-13(11-16(12)23-2)9-10-24(21,22)18-15-6-4-3-5-14(15)17(19)20/h3-11,18H,1-2H3,(H,19,20). The van der Waals surface area contributed by atoms with Crippen molar-refractivity contribution < 1.29 is 23.1 Å². The summed E-state index contributed by atoms with van der Waals surface area (Å²) in [6.45, 7) is 1.88. The third-order valence-electron chi connectivity index (χ3n) is 3.28. The number of methoxy groups -OCH3 is 1. The Morgan fingerprint density at radius 2 is 1.92 bits per heavy atom. The molecule has 2 N–H and O–H groups in total. The van der Waals surface area contributed by atoms with Gasteiger partial charge in [-0.05, 0) is 42.3 Å². The number of sulfonamides is 1. The fourth-order valence-corrected chi connectivity index (χ4v) is 2.94. The van der Waals surface area contributed by atoms with Gasteiger partial charge in [-0.3, -0.25) is 4.72 Å². The number of benzene rings is 2. The molecule has 7 heteroatoms. The van der Waals surface area contributed by atoms with Crippen molar-refractivity contribution in [1.82, 2.24) is 0 Å². The van der Waals surface area contributed by atoms with E-state index >= 15 is 0 Å². The van der Waals surface area contributed by atoms with Gasteiger partial charge < -0.3 is 9.84 Å². The first-order valence-electron chi connectivity index (χ1n) is 7.00. The molecule has 0 aromatic heterocycles. The van der Waals surface area contributed by atoms with Crippen molar-refractivity contribution in [3.8, 4) is 5.75 Å². The lowest BCUT2D eigenvalue weighted by Crippen LogP contribution is -2.12. The van der Waals surface area contributed by atoms with Gasteiger partial charge in [-0.25, -0.2) is 13.2 Å². The zero-order chi connectivity index (χ0) is 17.7. The van der Waals surface area contributed by atoms with Crippen molar-refractivity contribution in [2.75, 3.05) is 11.8 Å². The molecule has 126 valence electrons. The molecule has 0 unspecified atom stereocenters. The number of anilines is 1.